The summed E-state index contributed by atoms with van der Waals surface area (Å²) >= 11 is 0. The normalized spacial score (nSPS) is 20.6. The lowest BCUT2D eigenvalue weighted by atomic mass is 10.1. The van der Waals surface area contributed by atoms with E-state index in [0.29, 0.717) is 11.8 Å². The van der Waals surface area contributed by atoms with Crippen molar-refractivity contribution in [2.75, 3.05) is 39.0 Å². The van der Waals surface area contributed by atoms with Crippen molar-refractivity contribution in [1.82, 2.24) is 34.7 Å². The summed E-state index contributed by atoms with van der Waals surface area (Å²) in [5.74, 6) is -8.65. The Balaban J connectivity index is 1.43. The second-order valence-corrected chi connectivity index (χ2v) is 10.2. The number of amides is 3. The van der Waals surface area contributed by atoms with Crippen molar-refractivity contribution < 1.29 is 45.5 Å². The van der Waals surface area contributed by atoms with Crippen LogP contribution in [0.25, 0.3) is 16.8 Å². The quantitative estimate of drug-likeness (QED) is 0.401. The first-order valence-corrected chi connectivity index (χ1v) is 12.8. The second-order valence-electron chi connectivity index (χ2n) is 10.2. The molecule has 3 aromatic rings. The molecule has 5 heterocycles. The van der Waals surface area contributed by atoms with Crippen molar-refractivity contribution in [3.8, 4) is 17.1 Å². The Bertz CT molecular complexity index is 1600. The maximum absolute atomic E-state index is 14.8. The van der Waals surface area contributed by atoms with E-state index in [0.717, 1.165) is 11.2 Å². The maximum atomic E-state index is 14.8. The van der Waals surface area contributed by atoms with Gasteiger partial charge in [-0.15, -0.1) is 0 Å². The number of carbonyl (C=O) groups excluding carboxylic acids is 3. The molecule has 0 aliphatic carbocycles. The predicted molar refractivity (Wildman–Crippen MR) is 136 cm³/mol. The Morgan fingerprint density at radius 3 is 2.44 bits per heavy atom. The number of alkyl halides is 6. The van der Waals surface area contributed by atoms with E-state index in [1.807, 2.05) is 0 Å². The lowest BCUT2D eigenvalue weighted by Crippen LogP contribution is -2.58. The molecule has 3 unspecified atom stereocenters. The summed E-state index contributed by atoms with van der Waals surface area (Å²) in [4.78, 5) is 48.1. The summed E-state index contributed by atoms with van der Waals surface area (Å²) in [5.41, 5.74) is 6.09. The van der Waals surface area contributed by atoms with E-state index in [-0.39, 0.29) is 39.6 Å². The monoisotopic (exact) mass is 614 g/mol. The van der Waals surface area contributed by atoms with Crippen LogP contribution >= 0.6 is 0 Å². The Morgan fingerprint density at radius 2 is 1.81 bits per heavy atom. The van der Waals surface area contributed by atoms with Crippen molar-refractivity contribution >= 4 is 29.1 Å². The molecule has 12 nitrogen and oxygen atoms in total. The fourth-order valence-corrected chi connectivity index (χ4v) is 4.92. The molecular formula is C25H24F6N8O4. The number of fused-ring (bicyclic) bond motifs is 1. The summed E-state index contributed by atoms with van der Waals surface area (Å²) in [6.07, 6.45) is -4.30. The van der Waals surface area contributed by atoms with Crippen LogP contribution in [0.3, 0.4) is 0 Å². The van der Waals surface area contributed by atoms with E-state index >= 15 is 0 Å². The molecule has 2 fully saturated rings. The number of methoxy groups -OCH3 is 1. The number of nitrogens with two attached hydrogens (primary N) is 1. The number of halogens is 6. The van der Waals surface area contributed by atoms with Crippen molar-refractivity contribution in [1.29, 1.82) is 0 Å². The van der Waals surface area contributed by atoms with E-state index in [2.05, 4.69) is 20.4 Å². The molecule has 2 aliphatic heterocycles. The van der Waals surface area contributed by atoms with Crippen LogP contribution in [0, 0.1) is 5.92 Å². The van der Waals surface area contributed by atoms with E-state index in [1.165, 1.54) is 30.0 Å². The van der Waals surface area contributed by atoms with Crippen molar-refractivity contribution in [3.63, 3.8) is 0 Å². The van der Waals surface area contributed by atoms with Crippen molar-refractivity contribution in [2.45, 2.75) is 31.2 Å². The zero-order valence-electron chi connectivity index (χ0n) is 22.5. The Hall–Kier alpha value is -4.64. The molecule has 43 heavy (non-hydrogen) atoms. The molecule has 3 aromatic heterocycles. The third-order valence-electron chi connectivity index (χ3n) is 7.27. The SMILES string of the molecule is COc1ncc(-c2cc(C(=O)N3CC(F)(F)C3)c3c(N)ncnn23)cc1C(=O)NC1CN(C(=O)C(C)C(F)(F)F)CC1F. The maximum Gasteiger partial charge on any atom is 0.400 e. The first-order chi connectivity index (χ1) is 20.1. The summed E-state index contributed by atoms with van der Waals surface area (Å²) in [5, 5.41) is 6.47. The first kappa shape index (κ1) is 29.8. The van der Waals surface area contributed by atoms with E-state index in [4.69, 9.17) is 10.5 Å². The van der Waals surface area contributed by atoms with Gasteiger partial charge in [-0.2, -0.15) is 18.3 Å². The molecule has 0 saturated carbocycles. The van der Waals surface area contributed by atoms with Crippen LogP contribution in [-0.2, 0) is 4.79 Å². The Morgan fingerprint density at radius 1 is 1.12 bits per heavy atom. The molecule has 0 spiro atoms. The van der Waals surface area contributed by atoms with Crippen LogP contribution in [0.2, 0.25) is 0 Å². The highest BCUT2D eigenvalue weighted by Crippen LogP contribution is 2.34. The third kappa shape index (κ3) is 5.48. The molecule has 3 atom stereocenters. The van der Waals surface area contributed by atoms with Crippen LogP contribution in [0.5, 0.6) is 5.88 Å². The largest absolute Gasteiger partial charge is 0.480 e. The molecule has 18 heteroatoms. The minimum atomic E-state index is -4.81. The second kappa shape index (κ2) is 10.6. The fraction of sp³-hybridized carbons (Fsp3) is 0.440. The molecule has 3 N–H and O–H groups in total. The zero-order valence-corrected chi connectivity index (χ0v) is 22.5. The Labute approximate surface area is 238 Å². The van der Waals surface area contributed by atoms with Gasteiger partial charge in [-0.25, -0.2) is 27.7 Å². The summed E-state index contributed by atoms with van der Waals surface area (Å²) < 4.78 is 87.0. The van der Waals surface area contributed by atoms with E-state index < -0.39 is 74.1 Å². The van der Waals surface area contributed by atoms with Crippen LogP contribution in [0.15, 0.2) is 24.7 Å². The summed E-state index contributed by atoms with van der Waals surface area (Å²) in [6.45, 7) is -2.03. The van der Waals surface area contributed by atoms with Gasteiger partial charge in [0.25, 0.3) is 17.7 Å². The molecular weight excluding hydrogens is 590 g/mol. The number of ether oxygens (including phenoxy) is 1. The Kier molecular flexibility index (Phi) is 7.33. The summed E-state index contributed by atoms with van der Waals surface area (Å²) in [7, 11) is 1.21. The fourth-order valence-electron chi connectivity index (χ4n) is 4.92. The van der Waals surface area contributed by atoms with Crippen molar-refractivity contribution in [3.05, 3.63) is 35.8 Å². The van der Waals surface area contributed by atoms with Crippen LogP contribution < -0.4 is 15.8 Å². The van der Waals surface area contributed by atoms with Gasteiger partial charge in [-0.1, -0.05) is 0 Å². The van der Waals surface area contributed by atoms with E-state index in [1.54, 1.807) is 0 Å². The topological polar surface area (TPSA) is 148 Å². The number of nitrogen functional groups attached to an aromatic ring is 1. The number of nitrogens with one attached hydrogen (secondary N) is 1. The van der Waals surface area contributed by atoms with Crippen molar-refractivity contribution in [2.24, 2.45) is 5.92 Å². The number of aromatic nitrogens is 4. The molecule has 3 amide bonds. The summed E-state index contributed by atoms with van der Waals surface area (Å²) in [6, 6.07) is 1.28. The van der Waals surface area contributed by atoms with Gasteiger partial charge < -0.3 is 25.6 Å². The molecule has 0 bridgehead atoms. The van der Waals surface area contributed by atoms with Gasteiger partial charge in [0.1, 0.15) is 29.5 Å². The lowest BCUT2D eigenvalue weighted by molar-refractivity contribution is -0.185. The average molecular weight is 615 g/mol. The highest BCUT2D eigenvalue weighted by molar-refractivity contribution is 6.06. The van der Waals surface area contributed by atoms with Crippen LogP contribution in [0.1, 0.15) is 27.6 Å². The van der Waals surface area contributed by atoms with Crippen LogP contribution in [-0.4, -0.2) is 105 Å². The highest BCUT2D eigenvalue weighted by Gasteiger charge is 2.48. The number of pyridine rings is 1. The van der Waals surface area contributed by atoms with Gasteiger partial charge in [-0.05, 0) is 19.1 Å². The number of hydrogen-bond donors (Lipinski definition) is 2. The zero-order chi connectivity index (χ0) is 31.4. The van der Waals surface area contributed by atoms with E-state index in [9.17, 15) is 40.7 Å². The number of nitrogens with zero attached hydrogens (tertiary/aromatic N) is 6. The minimum absolute atomic E-state index is 0.0311. The lowest BCUT2D eigenvalue weighted by Gasteiger charge is -2.38. The number of carbonyl (C=O) groups is 3. The average Bonchev–Trinajstić information content (AvgIpc) is 3.51. The highest BCUT2D eigenvalue weighted by atomic mass is 19.4. The smallest absolute Gasteiger partial charge is 0.400 e. The molecule has 5 rings (SSSR count). The molecule has 0 aromatic carbocycles. The van der Waals surface area contributed by atoms with Gasteiger partial charge in [0, 0.05) is 18.3 Å². The molecule has 2 aliphatic rings. The molecule has 0 radical (unpaired) electrons. The third-order valence-corrected chi connectivity index (χ3v) is 7.27. The van der Waals surface area contributed by atoms with Crippen LogP contribution in [0.4, 0.5) is 32.2 Å². The molecule has 2 saturated heterocycles. The molecule has 230 valence electrons. The van der Waals surface area contributed by atoms with Gasteiger partial charge in [0.05, 0.1) is 44.0 Å². The van der Waals surface area contributed by atoms with Gasteiger partial charge in [0.15, 0.2) is 5.82 Å². The predicted octanol–water partition coefficient (Wildman–Crippen LogP) is 1.95. The standard InChI is InChI=1S/C25H24F6N8O4/c1-11(25(29,30)31)22(41)37-6-15(26)16(7-37)36-20(40)14-3-12(5-33-21(14)43-2)17-4-13(18-19(32)34-10-35-39(17)18)23(42)38-8-24(27,28)9-38/h3-5,10-11,15-16H,6-9H2,1-2H3,(H,36,40)(H2,32,34,35). The van der Waals surface area contributed by atoms with Gasteiger partial charge in [0.2, 0.25) is 11.8 Å². The number of likely N-dealkylation sites (tertiary alicyclic amines) is 2. The number of hydrogen-bond acceptors (Lipinski definition) is 8. The number of rotatable bonds is 6. The minimum Gasteiger partial charge on any atom is -0.480 e. The first-order valence-electron chi connectivity index (χ1n) is 12.8. The van der Waals surface area contributed by atoms with Gasteiger partial charge in [-0.3, -0.25) is 14.4 Å². The van der Waals surface area contributed by atoms with Gasteiger partial charge >= 0.3 is 6.18 Å². The number of anilines is 1.